The number of nitrogens with zero attached hydrogens (tertiary/aromatic N) is 2. The number of fused-ring (bicyclic) bond motifs is 2. The minimum Gasteiger partial charge on any atom is -0.485 e. The molecule has 1 saturated heterocycles. The Morgan fingerprint density at radius 2 is 1.62 bits per heavy atom. The van der Waals surface area contributed by atoms with E-state index >= 15 is 0 Å². The van der Waals surface area contributed by atoms with Gasteiger partial charge in [0, 0.05) is 37.9 Å². The van der Waals surface area contributed by atoms with Crippen molar-refractivity contribution >= 4 is 23.5 Å². The molecule has 0 aromatic heterocycles. The minimum atomic E-state index is -0.690. The van der Waals surface area contributed by atoms with E-state index in [4.69, 9.17) is 18.9 Å². The van der Waals surface area contributed by atoms with Crippen LogP contribution in [0.15, 0.2) is 42.5 Å². The summed E-state index contributed by atoms with van der Waals surface area (Å²) in [7, 11) is 0. The number of hydrogen-bond donors (Lipinski definition) is 2. The highest BCUT2D eigenvalue weighted by Crippen LogP contribution is 2.34. The third-order valence-corrected chi connectivity index (χ3v) is 5.72. The molecular formula is C23H24N4O7. The predicted molar refractivity (Wildman–Crippen MR) is 119 cm³/mol. The van der Waals surface area contributed by atoms with Gasteiger partial charge in [0.05, 0.1) is 6.54 Å². The smallest absolute Gasteiger partial charge is 0.325 e. The second-order valence-electron chi connectivity index (χ2n) is 8.04. The monoisotopic (exact) mass is 468 g/mol. The SMILES string of the molecule is O=C(CN1CCN(C(=O)C2COc3ccccc3O2)CC1)NC(=O)Nc1ccc2c(c1)OCO2. The fourth-order valence-corrected chi connectivity index (χ4v) is 3.98. The fraction of sp³-hybridized carbons (Fsp3) is 0.348. The van der Waals surface area contributed by atoms with Gasteiger partial charge in [0.1, 0.15) is 6.61 Å². The van der Waals surface area contributed by atoms with Crippen LogP contribution in [0.3, 0.4) is 0 Å². The predicted octanol–water partition coefficient (Wildman–Crippen LogP) is 1.05. The number of hydrogen-bond acceptors (Lipinski definition) is 8. The Kier molecular flexibility index (Phi) is 6.09. The van der Waals surface area contributed by atoms with Crippen molar-refractivity contribution in [3.8, 4) is 23.0 Å². The van der Waals surface area contributed by atoms with Crippen molar-refractivity contribution < 1.29 is 33.3 Å². The van der Waals surface area contributed by atoms with E-state index in [-0.39, 0.29) is 25.9 Å². The molecule has 3 aliphatic rings. The van der Waals surface area contributed by atoms with Crippen molar-refractivity contribution in [3.63, 3.8) is 0 Å². The highest BCUT2D eigenvalue weighted by atomic mass is 16.7. The molecule has 34 heavy (non-hydrogen) atoms. The summed E-state index contributed by atoms with van der Waals surface area (Å²) in [5.41, 5.74) is 0.484. The highest BCUT2D eigenvalue weighted by molar-refractivity contribution is 6.01. The molecule has 0 spiro atoms. The maximum Gasteiger partial charge on any atom is 0.325 e. The Bertz CT molecular complexity index is 1100. The van der Waals surface area contributed by atoms with Gasteiger partial charge in [-0.2, -0.15) is 0 Å². The largest absolute Gasteiger partial charge is 0.485 e. The molecule has 3 heterocycles. The van der Waals surface area contributed by atoms with E-state index in [1.165, 1.54) is 0 Å². The van der Waals surface area contributed by atoms with E-state index in [1.807, 2.05) is 17.0 Å². The van der Waals surface area contributed by atoms with Gasteiger partial charge in [0.2, 0.25) is 18.8 Å². The molecule has 0 radical (unpaired) electrons. The van der Waals surface area contributed by atoms with Crippen LogP contribution in [0, 0.1) is 0 Å². The van der Waals surface area contributed by atoms with Gasteiger partial charge in [-0.3, -0.25) is 19.8 Å². The van der Waals surface area contributed by atoms with E-state index in [0.717, 1.165) is 0 Å². The molecule has 0 bridgehead atoms. The van der Waals surface area contributed by atoms with Crippen LogP contribution in [0.5, 0.6) is 23.0 Å². The summed E-state index contributed by atoms with van der Waals surface area (Å²) in [5, 5.41) is 4.92. The molecule has 2 N–H and O–H groups in total. The van der Waals surface area contributed by atoms with Gasteiger partial charge in [-0.1, -0.05) is 12.1 Å². The van der Waals surface area contributed by atoms with E-state index in [0.29, 0.717) is 54.9 Å². The molecule has 3 aliphatic heterocycles. The van der Waals surface area contributed by atoms with Crippen molar-refractivity contribution in [1.29, 1.82) is 0 Å². The van der Waals surface area contributed by atoms with Crippen molar-refractivity contribution in [2.75, 3.05) is 51.4 Å². The second kappa shape index (κ2) is 9.48. The number of ether oxygens (including phenoxy) is 4. The van der Waals surface area contributed by atoms with Crippen molar-refractivity contribution in [1.82, 2.24) is 15.1 Å². The lowest BCUT2D eigenvalue weighted by Crippen LogP contribution is -2.55. The maximum absolute atomic E-state index is 12.8. The lowest BCUT2D eigenvalue weighted by atomic mass is 10.2. The molecule has 11 nitrogen and oxygen atoms in total. The third kappa shape index (κ3) is 4.84. The van der Waals surface area contributed by atoms with Gasteiger partial charge in [0.15, 0.2) is 23.0 Å². The van der Waals surface area contributed by atoms with Crippen LogP contribution in [-0.2, 0) is 9.59 Å². The van der Waals surface area contributed by atoms with Crippen LogP contribution in [0.4, 0.5) is 10.5 Å². The Morgan fingerprint density at radius 1 is 0.882 bits per heavy atom. The van der Waals surface area contributed by atoms with Gasteiger partial charge in [0.25, 0.3) is 5.91 Å². The standard InChI is InChI=1S/C23H24N4O7/c28-21(25-23(30)24-15-5-6-17-19(11-15)33-14-32-17)12-26-7-9-27(10-8-26)22(29)20-13-31-16-3-1-2-4-18(16)34-20/h1-6,11,20H,7-10,12-14H2,(H2,24,25,28,30). The van der Waals surface area contributed by atoms with Crippen LogP contribution < -0.4 is 29.6 Å². The van der Waals surface area contributed by atoms with E-state index in [9.17, 15) is 14.4 Å². The zero-order chi connectivity index (χ0) is 23.5. The van der Waals surface area contributed by atoms with Gasteiger partial charge in [-0.25, -0.2) is 4.79 Å². The Morgan fingerprint density at radius 3 is 2.44 bits per heavy atom. The first-order valence-electron chi connectivity index (χ1n) is 11.0. The Labute approximate surface area is 195 Å². The number of benzene rings is 2. The lowest BCUT2D eigenvalue weighted by molar-refractivity contribution is -0.143. The molecule has 0 saturated carbocycles. The normalized spacial score (nSPS) is 18.8. The van der Waals surface area contributed by atoms with Crippen LogP contribution in [0.1, 0.15) is 0 Å². The molecule has 11 heteroatoms. The first kappa shape index (κ1) is 21.8. The Hall–Kier alpha value is -3.99. The summed E-state index contributed by atoms with van der Waals surface area (Å²) in [6, 6.07) is 11.6. The molecule has 1 atom stereocenters. The number of rotatable bonds is 4. The zero-order valence-corrected chi connectivity index (χ0v) is 18.3. The quantitative estimate of drug-likeness (QED) is 0.684. The van der Waals surface area contributed by atoms with Gasteiger partial charge < -0.3 is 29.2 Å². The molecule has 0 aliphatic carbocycles. The number of amides is 4. The maximum atomic E-state index is 12.8. The van der Waals surface area contributed by atoms with E-state index < -0.39 is 18.0 Å². The molecule has 1 unspecified atom stereocenters. The van der Waals surface area contributed by atoms with Crippen molar-refractivity contribution in [3.05, 3.63) is 42.5 Å². The average Bonchev–Trinajstić information content (AvgIpc) is 3.31. The average molecular weight is 468 g/mol. The summed E-state index contributed by atoms with van der Waals surface area (Å²) in [6.45, 7) is 2.27. The highest BCUT2D eigenvalue weighted by Gasteiger charge is 2.33. The summed E-state index contributed by atoms with van der Waals surface area (Å²) < 4.78 is 21.9. The van der Waals surface area contributed by atoms with Crippen molar-refractivity contribution in [2.24, 2.45) is 0 Å². The molecular weight excluding hydrogens is 444 g/mol. The summed E-state index contributed by atoms with van der Waals surface area (Å²) in [5.74, 6) is 1.75. The number of carbonyl (C=O) groups excluding carboxylic acids is 3. The summed E-state index contributed by atoms with van der Waals surface area (Å²) in [6.07, 6.45) is -0.690. The van der Waals surface area contributed by atoms with Gasteiger partial charge >= 0.3 is 6.03 Å². The number of nitrogens with one attached hydrogen (secondary N) is 2. The van der Waals surface area contributed by atoms with Crippen LogP contribution in [0.25, 0.3) is 0 Å². The zero-order valence-electron chi connectivity index (χ0n) is 18.3. The summed E-state index contributed by atoms with van der Waals surface area (Å²) >= 11 is 0. The second-order valence-corrected chi connectivity index (χ2v) is 8.04. The molecule has 2 aromatic carbocycles. The third-order valence-electron chi connectivity index (χ3n) is 5.72. The van der Waals surface area contributed by atoms with Crippen LogP contribution >= 0.6 is 0 Å². The molecule has 5 rings (SSSR count). The van der Waals surface area contributed by atoms with Crippen LogP contribution in [0.2, 0.25) is 0 Å². The molecule has 178 valence electrons. The number of imide groups is 1. The van der Waals surface area contributed by atoms with Gasteiger partial charge in [-0.15, -0.1) is 0 Å². The first-order chi connectivity index (χ1) is 16.5. The molecule has 1 fully saturated rings. The molecule has 4 amide bonds. The van der Waals surface area contributed by atoms with Gasteiger partial charge in [-0.05, 0) is 24.3 Å². The minimum absolute atomic E-state index is 0.0486. The molecule has 2 aromatic rings. The Balaban J connectivity index is 1.05. The van der Waals surface area contributed by atoms with E-state index in [1.54, 1.807) is 35.2 Å². The van der Waals surface area contributed by atoms with Crippen molar-refractivity contribution in [2.45, 2.75) is 6.10 Å². The first-order valence-corrected chi connectivity index (χ1v) is 11.0. The lowest BCUT2D eigenvalue weighted by Gasteiger charge is -2.36. The topological polar surface area (TPSA) is 119 Å². The summed E-state index contributed by atoms with van der Waals surface area (Å²) in [4.78, 5) is 40.9. The number of carbonyl (C=O) groups is 3. The number of anilines is 1. The number of urea groups is 1. The number of piperazine rings is 1. The fourth-order valence-electron chi connectivity index (χ4n) is 3.98. The van der Waals surface area contributed by atoms with E-state index in [2.05, 4.69) is 10.6 Å². The number of para-hydroxylation sites is 2. The van der Waals surface area contributed by atoms with Crippen LogP contribution in [-0.4, -0.2) is 79.9 Å².